The van der Waals surface area contributed by atoms with Gasteiger partial charge in [-0.3, -0.25) is 4.79 Å². The van der Waals surface area contributed by atoms with Gasteiger partial charge in [0.2, 0.25) is 0 Å². The van der Waals surface area contributed by atoms with E-state index in [0.717, 1.165) is 12.1 Å². The van der Waals surface area contributed by atoms with Crippen molar-refractivity contribution in [2.45, 2.75) is 6.18 Å². The summed E-state index contributed by atoms with van der Waals surface area (Å²) in [6, 6.07) is 8.61. The number of hydrogen-bond acceptors (Lipinski definition) is 4. The van der Waals surface area contributed by atoms with Gasteiger partial charge in [0.1, 0.15) is 5.75 Å². The summed E-state index contributed by atoms with van der Waals surface area (Å²) >= 11 is 3.22. The van der Waals surface area contributed by atoms with Gasteiger partial charge in [-0.05, 0) is 52.3 Å². The van der Waals surface area contributed by atoms with Crippen molar-refractivity contribution < 1.29 is 32.2 Å². The van der Waals surface area contributed by atoms with E-state index in [-0.39, 0.29) is 11.3 Å². The Labute approximate surface area is 155 Å². The average molecular weight is 432 g/mol. The maximum Gasteiger partial charge on any atom is 0.416 e. The smallest absolute Gasteiger partial charge is 0.416 e. The van der Waals surface area contributed by atoms with Gasteiger partial charge in [-0.2, -0.15) is 13.2 Å². The number of amides is 1. The summed E-state index contributed by atoms with van der Waals surface area (Å²) in [5.41, 5.74) is -0.756. The summed E-state index contributed by atoms with van der Waals surface area (Å²) in [7, 11) is 1.47. The third-order valence-corrected chi connectivity index (χ3v) is 3.82. The van der Waals surface area contributed by atoms with Crippen LogP contribution in [0.4, 0.5) is 18.9 Å². The number of benzene rings is 2. The molecule has 0 atom stereocenters. The van der Waals surface area contributed by atoms with Gasteiger partial charge in [0.15, 0.2) is 6.61 Å². The summed E-state index contributed by atoms with van der Waals surface area (Å²) in [5.74, 6) is -0.998. The predicted octanol–water partition coefficient (Wildman–Crippen LogP) is 4.27. The molecular formula is C17H13BrF3NO4. The number of rotatable bonds is 5. The number of methoxy groups -OCH3 is 1. The first-order valence-corrected chi connectivity index (χ1v) is 7.98. The van der Waals surface area contributed by atoms with Crippen molar-refractivity contribution in [3.05, 3.63) is 58.1 Å². The fourth-order valence-electron chi connectivity index (χ4n) is 1.98. The van der Waals surface area contributed by atoms with Gasteiger partial charge in [-0.15, -0.1) is 0 Å². The summed E-state index contributed by atoms with van der Waals surface area (Å²) in [5, 5.41) is 2.25. The van der Waals surface area contributed by atoms with Crippen molar-refractivity contribution in [3.8, 4) is 5.75 Å². The van der Waals surface area contributed by atoms with Crippen LogP contribution in [0.2, 0.25) is 0 Å². The van der Waals surface area contributed by atoms with Gasteiger partial charge in [-0.1, -0.05) is 6.07 Å². The molecular weight excluding hydrogens is 419 g/mol. The molecule has 9 heteroatoms. The van der Waals surface area contributed by atoms with Crippen molar-refractivity contribution in [2.24, 2.45) is 0 Å². The Bertz CT molecular complexity index is 824. The standard InChI is InChI=1S/C17H13BrF3NO4/c1-25-14-6-5-10(7-13(14)18)16(24)26-9-15(23)22-12-4-2-3-11(8-12)17(19,20)21/h2-8H,9H2,1H3,(H,22,23). The van der Waals surface area contributed by atoms with Gasteiger partial charge in [0.05, 0.1) is 22.7 Å². The maximum atomic E-state index is 12.6. The number of nitrogens with one attached hydrogen (secondary N) is 1. The zero-order chi connectivity index (χ0) is 19.3. The minimum absolute atomic E-state index is 0.0481. The zero-order valence-corrected chi connectivity index (χ0v) is 15.0. The first-order valence-electron chi connectivity index (χ1n) is 7.18. The van der Waals surface area contributed by atoms with Crippen molar-refractivity contribution in [3.63, 3.8) is 0 Å². The third kappa shape index (κ3) is 5.22. The van der Waals surface area contributed by atoms with E-state index in [1.54, 1.807) is 6.07 Å². The third-order valence-electron chi connectivity index (χ3n) is 3.20. The van der Waals surface area contributed by atoms with Gasteiger partial charge in [-0.25, -0.2) is 4.79 Å². The molecule has 0 aliphatic rings. The fraction of sp³-hybridized carbons (Fsp3) is 0.176. The van der Waals surface area contributed by atoms with Crippen LogP contribution in [0.3, 0.4) is 0 Å². The van der Waals surface area contributed by atoms with E-state index in [9.17, 15) is 22.8 Å². The van der Waals surface area contributed by atoms with E-state index in [1.807, 2.05) is 0 Å². The molecule has 0 fully saturated rings. The van der Waals surface area contributed by atoms with Crippen LogP contribution in [0.25, 0.3) is 0 Å². The Balaban J connectivity index is 1.94. The van der Waals surface area contributed by atoms with Gasteiger partial charge in [0.25, 0.3) is 5.91 Å². The minimum atomic E-state index is -4.52. The molecule has 0 spiro atoms. The minimum Gasteiger partial charge on any atom is -0.496 e. The number of carbonyl (C=O) groups excluding carboxylic acids is 2. The van der Waals surface area contributed by atoms with Crippen molar-refractivity contribution in [2.75, 3.05) is 19.0 Å². The fourth-order valence-corrected chi connectivity index (χ4v) is 2.52. The molecule has 2 aromatic rings. The van der Waals surface area contributed by atoms with E-state index in [4.69, 9.17) is 9.47 Å². The summed E-state index contributed by atoms with van der Waals surface area (Å²) < 4.78 is 48.3. The summed E-state index contributed by atoms with van der Waals surface area (Å²) in [6.07, 6.45) is -4.52. The van der Waals surface area contributed by atoms with E-state index >= 15 is 0 Å². The molecule has 0 saturated heterocycles. The van der Waals surface area contributed by atoms with Crippen LogP contribution in [0.15, 0.2) is 46.9 Å². The van der Waals surface area contributed by atoms with Crippen LogP contribution in [-0.4, -0.2) is 25.6 Å². The molecule has 1 N–H and O–H groups in total. The Kier molecular flexibility index (Phi) is 6.25. The largest absolute Gasteiger partial charge is 0.496 e. The molecule has 2 aromatic carbocycles. The second-order valence-corrected chi connectivity index (χ2v) is 5.91. The second kappa shape index (κ2) is 8.22. The maximum absolute atomic E-state index is 12.6. The summed E-state index contributed by atoms with van der Waals surface area (Å²) in [4.78, 5) is 23.7. The number of carbonyl (C=O) groups is 2. The van der Waals surface area contributed by atoms with Crippen molar-refractivity contribution in [1.29, 1.82) is 0 Å². The van der Waals surface area contributed by atoms with Crippen molar-refractivity contribution in [1.82, 2.24) is 0 Å². The SMILES string of the molecule is COc1ccc(C(=O)OCC(=O)Nc2cccc(C(F)(F)F)c2)cc1Br. The first kappa shape index (κ1) is 19.8. The van der Waals surface area contributed by atoms with Crippen molar-refractivity contribution >= 4 is 33.5 Å². The molecule has 0 aromatic heterocycles. The number of esters is 1. The Morgan fingerprint density at radius 1 is 1.15 bits per heavy atom. The van der Waals surface area contributed by atoms with E-state index < -0.39 is 30.2 Å². The first-order chi connectivity index (χ1) is 12.2. The second-order valence-electron chi connectivity index (χ2n) is 5.05. The Hall–Kier alpha value is -2.55. The Morgan fingerprint density at radius 3 is 2.50 bits per heavy atom. The monoisotopic (exact) mass is 431 g/mol. The van der Waals surface area contributed by atoms with Gasteiger partial charge in [0, 0.05) is 5.69 Å². The molecule has 0 aliphatic heterocycles. The molecule has 2 rings (SSSR count). The lowest BCUT2D eigenvalue weighted by Gasteiger charge is -2.10. The molecule has 26 heavy (non-hydrogen) atoms. The van der Waals surface area contributed by atoms with Crippen LogP contribution >= 0.6 is 15.9 Å². The Morgan fingerprint density at radius 2 is 1.88 bits per heavy atom. The molecule has 0 aliphatic carbocycles. The quantitative estimate of drug-likeness (QED) is 0.717. The van der Waals surface area contributed by atoms with E-state index in [0.29, 0.717) is 10.2 Å². The molecule has 138 valence electrons. The predicted molar refractivity (Wildman–Crippen MR) is 91.1 cm³/mol. The van der Waals surface area contributed by atoms with Gasteiger partial charge >= 0.3 is 12.1 Å². The lowest BCUT2D eigenvalue weighted by Crippen LogP contribution is -2.21. The highest BCUT2D eigenvalue weighted by Gasteiger charge is 2.30. The summed E-state index contributed by atoms with van der Waals surface area (Å²) in [6.45, 7) is -0.640. The molecule has 0 heterocycles. The lowest BCUT2D eigenvalue weighted by atomic mass is 10.2. The number of halogens is 4. The molecule has 0 bridgehead atoms. The van der Waals surface area contributed by atoms with E-state index in [2.05, 4.69) is 21.2 Å². The van der Waals surface area contributed by atoms with Gasteiger partial charge < -0.3 is 14.8 Å². The van der Waals surface area contributed by atoms with Crippen LogP contribution in [-0.2, 0) is 15.7 Å². The average Bonchev–Trinajstić information content (AvgIpc) is 2.59. The number of alkyl halides is 3. The topological polar surface area (TPSA) is 64.6 Å². The number of ether oxygens (including phenoxy) is 2. The number of anilines is 1. The lowest BCUT2D eigenvalue weighted by molar-refractivity contribution is -0.137. The highest BCUT2D eigenvalue weighted by atomic mass is 79.9. The van der Waals surface area contributed by atoms with Crippen LogP contribution in [0.5, 0.6) is 5.75 Å². The van der Waals surface area contributed by atoms with Crippen LogP contribution < -0.4 is 10.1 Å². The molecule has 0 saturated carbocycles. The van der Waals surface area contributed by atoms with E-state index in [1.165, 1.54) is 31.4 Å². The molecule has 1 amide bonds. The highest BCUT2D eigenvalue weighted by molar-refractivity contribution is 9.10. The van der Waals surface area contributed by atoms with Crippen LogP contribution in [0, 0.1) is 0 Å². The highest BCUT2D eigenvalue weighted by Crippen LogP contribution is 2.30. The van der Waals surface area contributed by atoms with Crippen LogP contribution in [0.1, 0.15) is 15.9 Å². The zero-order valence-electron chi connectivity index (χ0n) is 13.4. The molecule has 5 nitrogen and oxygen atoms in total. The number of hydrogen-bond donors (Lipinski definition) is 1. The molecule has 0 radical (unpaired) electrons. The normalized spacial score (nSPS) is 11.0. The molecule has 0 unspecified atom stereocenters.